The number of aliphatic hydroxyl groups excluding tert-OH is 1. The van der Waals surface area contributed by atoms with Crippen LogP contribution in [0.25, 0.3) is 10.2 Å². The molecule has 4 heteroatoms. The monoisotopic (exact) mass is 257 g/mol. The van der Waals surface area contributed by atoms with Crippen molar-refractivity contribution in [1.29, 1.82) is 0 Å². The molecule has 0 spiro atoms. The van der Waals surface area contributed by atoms with E-state index in [-0.39, 0.29) is 6.61 Å². The van der Waals surface area contributed by atoms with Crippen molar-refractivity contribution in [3.8, 4) is 0 Å². The van der Waals surface area contributed by atoms with Gasteiger partial charge in [0.1, 0.15) is 0 Å². The third kappa shape index (κ3) is 1.49. The van der Waals surface area contributed by atoms with E-state index in [4.69, 9.17) is 5.11 Å². The fraction of sp³-hybridized carbons (Fsp3) is 0.222. The van der Waals surface area contributed by atoms with Crippen LogP contribution in [0.1, 0.15) is 11.3 Å². The molecule has 0 aliphatic rings. The van der Waals surface area contributed by atoms with Gasteiger partial charge in [0.05, 0.1) is 16.8 Å². The lowest BCUT2D eigenvalue weighted by molar-refractivity contribution is 0.283. The quantitative estimate of drug-likeness (QED) is 0.853. The number of rotatable bonds is 1. The normalized spacial score (nSPS) is 11.0. The topological polar surface area (TPSA) is 33.1 Å². The maximum atomic E-state index is 9.06. The molecule has 2 aromatic heterocycles. The molecule has 0 unspecified atom stereocenters. The molecular formula is C9H8BrNOS. The van der Waals surface area contributed by atoms with E-state index >= 15 is 0 Å². The molecule has 0 fully saturated rings. The number of aryl methyl sites for hydroxylation is 1. The zero-order valence-corrected chi connectivity index (χ0v) is 9.44. The Morgan fingerprint density at radius 1 is 1.62 bits per heavy atom. The molecule has 0 saturated heterocycles. The highest BCUT2D eigenvalue weighted by Crippen LogP contribution is 2.31. The number of aromatic nitrogens is 1. The van der Waals surface area contributed by atoms with Crippen LogP contribution in [0.15, 0.2) is 15.9 Å². The molecule has 0 amide bonds. The van der Waals surface area contributed by atoms with Gasteiger partial charge in [0.25, 0.3) is 0 Å². The molecular weight excluding hydrogens is 250 g/mol. The van der Waals surface area contributed by atoms with Gasteiger partial charge in [0.15, 0.2) is 0 Å². The van der Waals surface area contributed by atoms with E-state index in [1.165, 1.54) is 0 Å². The molecule has 0 aliphatic heterocycles. The van der Waals surface area contributed by atoms with E-state index in [1.807, 2.05) is 18.4 Å². The van der Waals surface area contributed by atoms with Gasteiger partial charge < -0.3 is 5.11 Å². The molecule has 0 saturated carbocycles. The Bertz CT molecular complexity index is 452. The molecule has 1 N–H and O–H groups in total. The summed E-state index contributed by atoms with van der Waals surface area (Å²) in [6.07, 6.45) is 0. The Kier molecular flexibility index (Phi) is 2.36. The van der Waals surface area contributed by atoms with Crippen molar-refractivity contribution in [2.75, 3.05) is 0 Å². The fourth-order valence-corrected chi connectivity index (χ4v) is 2.95. The summed E-state index contributed by atoms with van der Waals surface area (Å²) >= 11 is 5.08. The Labute approximate surface area is 88.4 Å². The fourth-order valence-electron chi connectivity index (χ4n) is 1.25. The minimum Gasteiger partial charge on any atom is -0.392 e. The second kappa shape index (κ2) is 3.36. The second-order valence-electron chi connectivity index (χ2n) is 2.84. The smallest absolute Gasteiger partial charge is 0.0879 e. The summed E-state index contributed by atoms with van der Waals surface area (Å²) in [5, 5.41) is 11.0. The second-order valence-corrected chi connectivity index (χ2v) is 4.58. The SMILES string of the molecule is Cc1cc(Br)c2scc(CO)c2n1. The van der Waals surface area contributed by atoms with Crippen molar-refractivity contribution < 1.29 is 5.11 Å². The van der Waals surface area contributed by atoms with Crippen molar-refractivity contribution in [3.63, 3.8) is 0 Å². The number of halogens is 1. The van der Waals surface area contributed by atoms with E-state index in [9.17, 15) is 0 Å². The van der Waals surface area contributed by atoms with Gasteiger partial charge >= 0.3 is 0 Å². The van der Waals surface area contributed by atoms with Gasteiger partial charge in [-0.1, -0.05) is 0 Å². The highest BCUT2D eigenvalue weighted by molar-refractivity contribution is 9.10. The number of nitrogens with zero attached hydrogens (tertiary/aromatic N) is 1. The summed E-state index contributed by atoms with van der Waals surface area (Å²) in [6.45, 7) is 2.01. The van der Waals surface area contributed by atoms with Gasteiger partial charge in [0, 0.05) is 15.7 Å². The number of fused-ring (bicyclic) bond motifs is 1. The molecule has 0 aromatic carbocycles. The molecule has 0 aliphatic carbocycles. The Morgan fingerprint density at radius 2 is 2.38 bits per heavy atom. The first-order chi connectivity index (χ1) is 6.22. The third-order valence-electron chi connectivity index (χ3n) is 1.85. The Balaban J connectivity index is 2.82. The van der Waals surface area contributed by atoms with Gasteiger partial charge in [-0.2, -0.15) is 0 Å². The average Bonchev–Trinajstić information content (AvgIpc) is 2.47. The Morgan fingerprint density at radius 3 is 3.08 bits per heavy atom. The maximum Gasteiger partial charge on any atom is 0.0879 e. The predicted molar refractivity (Wildman–Crippen MR) is 58.0 cm³/mol. The van der Waals surface area contributed by atoms with Crippen LogP contribution in [-0.2, 0) is 6.61 Å². The number of hydrogen-bond donors (Lipinski definition) is 1. The highest BCUT2D eigenvalue weighted by Gasteiger charge is 2.07. The van der Waals surface area contributed by atoms with E-state index in [2.05, 4.69) is 20.9 Å². The number of hydrogen-bond acceptors (Lipinski definition) is 3. The number of thiophene rings is 1. The van der Waals surface area contributed by atoms with Crippen LogP contribution in [0.4, 0.5) is 0 Å². The van der Waals surface area contributed by atoms with Crippen molar-refractivity contribution in [3.05, 3.63) is 27.2 Å². The van der Waals surface area contributed by atoms with E-state index in [0.717, 1.165) is 25.9 Å². The molecule has 0 atom stereocenters. The molecule has 68 valence electrons. The lowest BCUT2D eigenvalue weighted by atomic mass is 10.2. The molecule has 0 bridgehead atoms. The standard InChI is InChI=1S/C9H8BrNOS/c1-5-2-7(10)9-8(11-5)6(3-12)4-13-9/h2,4,12H,3H2,1H3. The maximum absolute atomic E-state index is 9.06. The lowest BCUT2D eigenvalue weighted by Gasteiger charge is -1.97. The third-order valence-corrected chi connectivity index (χ3v) is 3.79. The first-order valence-corrected chi connectivity index (χ1v) is 5.53. The summed E-state index contributed by atoms with van der Waals surface area (Å²) < 4.78 is 2.16. The predicted octanol–water partition coefficient (Wildman–Crippen LogP) is 2.86. The van der Waals surface area contributed by atoms with Crippen LogP contribution in [0.5, 0.6) is 0 Å². The van der Waals surface area contributed by atoms with Crippen LogP contribution < -0.4 is 0 Å². The number of aliphatic hydroxyl groups is 1. The first kappa shape index (κ1) is 9.12. The molecule has 2 nitrogen and oxygen atoms in total. The van der Waals surface area contributed by atoms with Gasteiger partial charge in [-0.3, -0.25) is 4.98 Å². The minimum absolute atomic E-state index is 0.0584. The van der Waals surface area contributed by atoms with Gasteiger partial charge in [-0.15, -0.1) is 11.3 Å². The molecule has 0 radical (unpaired) electrons. The van der Waals surface area contributed by atoms with Gasteiger partial charge in [0.2, 0.25) is 0 Å². The largest absolute Gasteiger partial charge is 0.392 e. The van der Waals surface area contributed by atoms with Crippen LogP contribution in [0.3, 0.4) is 0 Å². The van der Waals surface area contributed by atoms with E-state index in [1.54, 1.807) is 11.3 Å². The average molecular weight is 258 g/mol. The molecule has 13 heavy (non-hydrogen) atoms. The minimum atomic E-state index is 0.0584. The summed E-state index contributed by atoms with van der Waals surface area (Å²) in [6, 6.07) is 1.99. The highest BCUT2D eigenvalue weighted by atomic mass is 79.9. The summed E-state index contributed by atoms with van der Waals surface area (Å²) in [4.78, 5) is 4.39. The van der Waals surface area contributed by atoms with Gasteiger partial charge in [-0.25, -0.2) is 0 Å². The Hall–Kier alpha value is -0.450. The van der Waals surface area contributed by atoms with E-state index < -0.39 is 0 Å². The molecule has 2 aromatic rings. The van der Waals surface area contributed by atoms with Crippen LogP contribution in [-0.4, -0.2) is 10.1 Å². The zero-order chi connectivity index (χ0) is 9.42. The van der Waals surface area contributed by atoms with E-state index in [0.29, 0.717) is 0 Å². The van der Waals surface area contributed by atoms with Crippen LogP contribution >= 0.6 is 27.3 Å². The van der Waals surface area contributed by atoms with Gasteiger partial charge in [-0.05, 0) is 34.3 Å². The van der Waals surface area contributed by atoms with Crippen molar-refractivity contribution in [2.24, 2.45) is 0 Å². The van der Waals surface area contributed by atoms with Crippen LogP contribution in [0.2, 0.25) is 0 Å². The summed E-state index contributed by atoms with van der Waals surface area (Å²) in [5.74, 6) is 0. The molecule has 2 rings (SSSR count). The first-order valence-electron chi connectivity index (χ1n) is 3.86. The molecule has 2 heterocycles. The van der Waals surface area contributed by atoms with Crippen molar-refractivity contribution in [2.45, 2.75) is 13.5 Å². The van der Waals surface area contributed by atoms with Crippen molar-refractivity contribution >= 4 is 37.5 Å². The summed E-state index contributed by atoms with van der Waals surface area (Å²) in [5.41, 5.74) is 2.79. The van der Waals surface area contributed by atoms with Crippen LogP contribution in [0, 0.1) is 6.92 Å². The number of pyridine rings is 1. The summed E-state index contributed by atoms with van der Waals surface area (Å²) in [7, 11) is 0. The van der Waals surface area contributed by atoms with Crippen molar-refractivity contribution in [1.82, 2.24) is 4.98 Å². The lowest BCUT2D eigenvalue weighted by Crippen LogP contribution is -1.85. The zero-order valence-electron chi connectivity index (χ0n) is 7.04.